The van der Waals surface area contributed by atoms with Crippen molar-refractivity contribution in [1.29, 1.82) is 0 Å². The number of likely N-dealkylation sites (tertiary alicyclic amines) is 1. The second kappa shape index (κ2) is 7.40. The van der Waals surface area contributed by atoms with Crippen LogP contribution in [0.1, 0.15) is 32.3 Å². The van der Waals surface area contributed by atoms with Gasteiger partial charge in [0.25, 0.3) is 0 Å². The normalized spacial score (nSPS) is 24.2. The van der Waals surface area contributed by atoms with Gasteiger partial charge >= 0.3 is 0 Å². The molecule has 1 saturated heterocycles. The molecule has 122 valence electrons. The third kappa shape index (κ3) is 4.18. The van der Waals surface area contributed by atoms with E-state index >= 15 is 0 Å². The van der Waals surface area contributed by atoms with Crippen molar-refractivity contribution in [1.82, 2.24) is 9.21 Å². The van der Waals surface area contributed by atoms with E-state index in [9.17, 15) is 8.42 Å². The van der Waals surface area contributed by atoms with Crippen molar-refractivity contribution in [3.63, 3.8) is 0 Å². The van der Waals surface area contributed by atoms with Crippen molar-refractivity contribution < 1.29 is 8.42 Å². The molecule has 0 spiro atoms. The first-order valence-corrected chi connectivity index (χ1v) is 9.39. The summed E-state index contributed by atoms with van der Waals surface area (Å²) in [4.78, 5) is 2.40. The van der Waals surface area contributed by atoms with Crippen LogP contribution < -0.4 is 0 Å². The summed E-state index contributed by atoms with van der Waals surface area (Å²) in [5, 5.41) is 1.32. The van der Waals surface area contributed by atoms with Gasteiger partial charge in [-0.15, -0.1) is 0 Å². The lowest BCUT2D eigenvalue weighted by molar-refractivity contribution is 0.122. The highest BCUT2D eigenvalue weighted by atomic mass is 32.2. The van der Waals surface area contributed by atoms with Crippen LogP contribution in [0.5, 0.6) is 0 Å². The first kappa shape index (κ1) is 17.2. The summed E-state index contributed by atoms with van der Waals surface area (Å²) in [5.41, 5.74) is 0.897. The number of piperidine rings is 1. The number of benzene rings is 1. The number of sulfonamides is 1. The summed E-state index contributed by atoms with van der Waals surface area (Å²) in [6, 6.07) is 10.0. The van der Waals surface area contributed by atoms with Crippen LogP contribution in [-0.2, 0) is 10.0 Å². The SMILES string of the molecule is CCN1CCC(N(C)S(=O)(=O)/C=C/c2ccccc2)CC1C. The van der Waals surface area contributed by atoms with Gasteiger partial charge < -0.3 is 4.90 Å². The molecule has 22 heavy (non-hydrogen) atoms. The highest BCUT2D eigenvalue weighted by Gasteiger charge is 2.31. The van der Waals surface area contributed by atoms with Gasteiger partial charge in [-0.25, -0.2) is 8.42 Å². The molecular weight excluding hydrogens is 296 g/mol. The van der Waals surface area contributed by atoms with Gasteiger partial charge in [0.1, 0.15) is 0 Å². The predicted molar refractivity (Wildman–Crippen MR) is 91.9 cm³/mol. The number of rotatable bonds is 5. The van der Waals surface area contributed by atoms with Crippen molar-refractivity contribution >= 4 is 16.1 Å². The van der Waals surface area contributed by atoms with E-state index in [0.29, 0.717) is 6.04 Å². The van der Waals surface area contributed by atoms with Crippen LogP contribution in [0.25, 0.3) is 6.08 Å². The molecule has 0 amide bonds. The summed E-state index contributed by atoms with van der Waals surface area (Å²) in [6.45, 7) is 6.32. The Kier molecular flexibility index (Phi) is 5.78. The fourth-order valence-electron chi connectivity index (χ4n) is 3.03. The Morgan fingerprint density at radius 3 is 2.59 bits per heavy atom. The zero-order valence-electron chi connectivity index (χ0n) is 13.6. The molecule has 1 aliphatic heterocycles. The minimum absolute atomic E-state index is 0.0863. The molecule has 0 aromatic heterocycles. The summed E-state index contributed by atoms with van der Waals surface area (Å²) in [5.74, 6) is 0. The van der Waals surface area contributed by atoms with Crippen LogP contribution in [0.2, 0.25) is 0 Å². The van der Waals surface area contributed by atoms with Crippen molar-refractivity contribution in [3.05, 3.63) is 41.3 Å². The minimum atomic E-state index is -3.37. The molecule has 5 heteroatoms. The van der Waals surface area contributed by atoms with Crippen LogP contribution in [0.3, 0.4) is 0 Å². The molecule has 0 saturated carbocycles. The molecule has 4 nitrogen and oxygen atoms in total. The Labute approximate surface area is 134 Å². The summed E-state index contributed by atoms with van der Waals surface area (Å²) in [7, 11) is -1.67. The average Bonchev–Trinajstić information content (AvgIpc) is 2.53. The van der Waals surface area contributed by atoms with Gasteiger partial charge in [-0.2, -0.15) is 4.31 Å². The maximum Gasteiger partial charge on any atom is 0.236 e. The molecule has 0 aliphatic carbocycles. The lowest BCUT2D eigenvalue weighted by atomic mass is 9.99. The summed E-state index contributed by atoms with van der Waals surface area (Å²) < 4.78 is 26.5. The van der Waals surface area contributed by atoms with Gasteiger partial charge in [-0.3, -0.25) is 0 Å². The minimum Gasteiger partial charge on any atom is -0.301 e. The highest BCUT2D eigenvalue weighted by Crippen LogP contribution is 2.23. The van der Waals surface area contributed by atoms with Gasteiger partial charge in [-0.1, -0.05) is 37.3 Å². The van der Waals surface area contributed by atoms with E-state index in [1.807, 2.05) is 30.3 Å². The molecule has 2 rings (SSSR count). The second-order valence-corrected chi connectivity index (χ2v) is 7.81. The number of hydrogen-bond donors (Lipinski definition) is 0. The molecule has 0 radical (unpaired) electrons. The molecule has 1 fully saturated rings. The summed E-state index contributed by atoms with van der Waals surface area (Å²) in [6.07, 6.45) is 3.45. The van der Waals surface area contributed by atoms with Gasteiger partial charge in [-0.05, 0) is 44.5 Å². The van der Waals surface area contributed by atoms with Crippen molar-refractivity contribution in [2.45, 2.75) is 38.8 Å². The zero-order valence-corrected chi connectivity index (χ0v) is 14.5. The molecule has 0 N–H and O–H groups in total. The van der Waals surface area contributed by atoms with Crippen LogP contribution in [0.4, 0.5) is 0 Å². The third-order valence-corrected chi connectivity index (χ3v) is 6.12. The second-order valence-electron chi connectivity index (χ2n) is 5.93. The van der Waals surface area contributed by atoms with E-state index in [1.165, 1.54) is 9.71 Å². The molecule has 1 aromatic rings. The van der Waals surface area contributed by atoms with E-state index in [4.69, 9.17) is 0 Å². The Morgan fingerprint density at radius 2 is 2.00 bits per heavy atom. The monoisotopic (exact) mass is 322 g/mol. The average molecular weight is 322 g/mol. The summed E-state index contributed by atoms with van der Waals surface area (Å²) >= 11 is 0. The van der Waals surface area contributed by atoms with Crippen LogP contribution in [0.15, 0.2) is 35.7 Å². The zero-order chi connectivity index (χ0) is 16.2. The smallest absolute Gasteiger partial charge is 0.236 e. The Bertz CT molecular complexity index is 598. The molecular formula is C17H26N2O2S. The quantitative estimate of drug-likeness (QED) is 0.837. The van der Waals surface area contributed by atoms with E-state index < -0.39 is 10.0 Å². The molecule has 2 unspecified atom stereocenters. The van der Waals surface area contributed by atoms with E-state index in [-0.39, 0.29) is 6.04 Å². The Balaban J connectivity index is 2.05. The largest absolute Gasteiger partial charge is 0.301 e. The van der Waals surface area contributed by atoms with Crippen LogP contribution in [0, 0.1) is 0 Å². The fourth-order valence-corrected chi connectivity index (χ4v) is 4.16. The van der Waals surface area contributed by atoms with E-state index in [1.54, 1.807) is 13.1 Å². The van der Waals surface area contributed by atoms with Crippen LogP contribution in [-0.4, -0.2) is 49.8 Å². The fraction of sp³-hybridized carbons (Fsp3) is 0.529. The maximum atomic E-state index is 12.5. The highest BCUT2D eigenvalue weighted by molar-refractivity contribution is 7.92. The molecule has 0 bridgehead atoms. The maximum absolute atomic E-state index is 12.5. The molecule has 1 heterocycles. The van der Waals surface area contributed by atoms with E-state index in [2.05, 4.69) is 18.7 Å². The lowest BCUT2D eigenvalue weighted by Gasteiger charge is -2.39. The van der Waals surface area contributed by atoms with E-state index in [0.717, 1.165) is 31.5 Å². The topological polar surface area (TPSA) is 40.6 Å². The third-order valence-electron chi connectivity index (χ3n) is 4.54. The molecule has 1 aliphatic rings. The Hall–Kier alpha value is -1.17. The van der Waals surface area contributed by atoms with Crippen molar-refractivity contribution in [3.8, 4) is 0 Å². The first-order valence-electron chi connectivity index (χ1n) is 7.89. The first-order chi connectivity index (χ1) is 10.4. The lowest BCUT2D eigenvalue weighted by Crippen LogP contribution is -2.48. The van der Waals surface area contributed by atoms with Gasteiger partial charge in [0.2, 0.25) is 10.0 Å². The van der Waals surface area contributed by atoms with Gasteiger partial charge in [0.05, 0.1) is 0 Å². The van der Waals surface area contributed by atoms with Gasteiger partial charge in [0, 0.05) is 24.5 Å². The van der Waals surface area contributed by atoms with Crippen molar-refractivity contribution in [2.75, 3.05) is 20.1 Å². The molecule has 2 atom stereocenters. The van der Waals surface area contributed by atoms with Crippen molar-refractivity contribution in [2.24, 2.45) is 0 Å². The molecule has 1 aromatic carbocycles. The van der Waals surface area contributed by atoms with Crippen LogP contribution >= 0.6 is 0 Å². The van der Waals surface area contributed by atoms with Gasteiger partial charge in [0.15, 0.2) is 0 Å². The standard InChI is InChI=1S/C17H26N2O2S/c1-4-19-12-10-17(14-15(19)2)18(3)22(20,21)13-11-16-8-6-5-7-9-16/h5-9,11,13,15,17H,4,10,12,14H2,1-3H3/b13-11+. The Morgan fingerprint density at radius 1 is 1.32 bits per heavy atom. The number of nitrogens with zero attached hydrogens (tertiary/aromatic N) is 2. The number of hydrogen-bond acceptors (Lipinski definition) is 3. The predicted octanol–water partition coefficient (Wildman–Crippen LogP) is 2.79.